The van der Waals surface area contributed by atoms with Crippen LogP contribution in [0.1, 0.15) is 55.9 Å². The van der Waals surface area contributed by atoms with Crippen molar-refractivity contribution in [2.24, 2.45) is 0 Å². The molecule has 0 radical (unpaired) electrons. The van der Waals surface area contributed by atoms with Gasteiger partial charge in [0.05, 0.1) is 0 Å². The van der Waals surface area contributed by atoms with E-state index >= 15 is 0 Å². The quantitative estimate of drug-likeness (QED) is 0.583. The van der Waals surface area contributed by atoms with Gasteiger partial charge in [-0.2, -0.15) is 0 Å². The molecule has 1 saturated heterocycles. The summed E-state index contributed by atoms with van der Waals surface area (Å²) in [6.45, 7) is 6.93. The number of carbonyl (C=O) groups excluding carboxylic acids is 1. The second-order valence-corrected chi connectivity index (χ2v) is 7.93. The van der Waals surface area contributed by atoms with Crippen LogP contribution in [0.2, 0.25) is 0 Å². The summed E-state index contributed by atoms with van der Waals surface area (Å²) < 4.78 is 6.23. The first-order valence-corrected chi connectivity index (χ1v) is 10.2. The number of oxazole rings is 1. The Morgan fingerprint density at radius 1 is 1.14 bits per heavy atom. The smallest absolute Gasteiger partial charge is 0.322 e. The Kier molecular flexibility index (Phi) is 5.38. The summed E-state index contributed by atoms with van der Waals surface area (Å²) in [5, 5.41) is 3.00. The molecule has 4 rings (SSSR count). The van der Waals surface area contributed by atoms with E-state index in [1.165, 1.54) is 0 Å². The minimum atomic E-state index is -0.143. The van der Waals surface area contributed by atoms with Crippen molar-refractivity contribution in [1.82, 2.24) is 9.88 Å². The van der Waals surface area contributed by atoms with Gasteiger partial charge in [-0.05, 0) is 31.9 Å². The lowest BCUT2D eigenvalue weighted by molar-refractivity contribution is 0.197. The number of nitrogens with zero attached hydrogens (tertiary/aromatic N) is 2. The number of amides is 2. The summed E-state index contributed by atoms with van der Waals surface area (Å²) in [5.41, 5.74) is 3.88. The van der Waals surface area contributed by atoms with E-state index in [4.69, 9.17) is 9.40 Å². The number of rotatable bonds is 4. The minimum absolute atomic E-state index is 0.109. The molecule has 1 aromatic heterocycles. The average molecular weight is 389 g/mol. The van der Waals surface area contributed by atoms with E-state index in [-0.39, 0.29) is 18.0 Å². The van der Waals surface area contributed by atoms with Crippen LogP contribution in [0.5, 0.6) is 0 Å². The first kappa shape index (κ1) is 19.2. The van der Waals surface area contributed by atoms with Crippen molar-refractivity contribution in [3.63, 3.8) is 0 Å². The Bertz CT molecular complexity index is 977. The van der Waals surface area contributed by atoms with Gasteiger partial charge in [0.1, 0.15) is 17.5 Å². The standard InChI is InChI=1S/C24H27N3O2/c1-16(2)22-21(18-8-5-4-6-9-18)26-23(29-22)20-10-7-15-27(20)24(28)25-19-13-11-17(3)12-14-19/h4-6,8-9,11-14,16,20H,7,10,15H2,1-3H3,(H,25,28). The zero-order valence-corrected chi connectivity index (χ0v) is 17.2. The zero-order valence-electron chi connectivity index (χ0n) is 17.2. The number of urea groups is 1. The first-order valence-electron chi connectivity index (χ1n) is 10.2. The van der Waals surface area contributed by atoms with Crippen molar-refractivity contribution in [3.05, 3.63) is 71.8 Å². The highest BCUT2D eigenvalue weighted by Crippen LogP contribution is 2.37. The van der Waals surface area contributed by atoms with Gasteiger partial charge >= 0.3 is 6.03 Å². The summed E-state index contributed by atoms with van der Waals surface area (Å²) in [7, 11) is 0. The van der Waals surface area contributed by atoms with E-state index in [1.807, 2.05) is 66.4 Å². The number of carbonyl (C=O) groups is 1. The number of hydrogen-bond donors (Lipinski definition) is 1. The molecular formula is C24H27N3O2. The van der Waals surface area contributed by atoms with Crippen molar-refractivity contribution in [1.29, 1.82) is 0 Å². The maximum atomic E-state index is 12.9. The number of hydrogen-bond acceptors (Lipinski definition) is 3. The molecule has 3 aromatic rings. The highest BCUT2D eigenvalue weighted by Gasteiger charge is 2.35. The monoisotopic (exact) mass is 389 g/mol. The second kappa shape index (κ2) is 8.11. The second-order valence-electron chi connectivity index (χ2n) is 7.93. The Morgan fingerprint density at radius 2 is 1.86 bits per heavy atom. The molecule has 0 aliphatic carbocycles. The zero-order chi connectivity index (χ0) is 20.4. The number of aromatic nitrogens is 1. The molecule has 5 heteroatoms. The van der Waals surface area contributed by atoms with Gasteiger partial charge in [0.25, 0.3) is 0 Å². The third-order valence-electron chi connectivity index (χ3n) is 5.34. The van der Waals surface area contributed by atoms with Gasteiger partial charge in [-0.1, -0.05) is 61.9 Å². The van der Waals surface area contributed by atoms with E-state index in [2.05, 4.69) is 19.2 Å². The number of likely N-dealkylation sites (tertiary alicyclic amines) is 1. The maximum Gasteiger partial charge on any atom is 0.322 e. The van der Waals surface area contributed by atoms with Crippen molar-refractivity contribution in [2.75, 3.05) is 11.9 Å². The van der Waals surface area contributed by atoms with Crippen LogP contribution in [0.15, 0.2) is 59.0 Å². The van der Waals surface area contributed by atoms with Crippen LogP contribution in [-0.4, -0.2) is 22.5 Å². The van der Waals surface area contributed by atoms with E-state index in [9.17, 15) is 4.79 Å². The highest BCUT2D eigenvalue weighted by atomic mass is 16.4. The van der Waals surface area contributed by atoms with Gasteiger partial charge in [0.2, 0.25) is 5.89 Å². The van der Waals surface area contributed by atoms with Crippen LogP contribution < -0.4 is 5.32 Å². The largest absolute Gasteiger partial charge is 0.442 e. The molecule has 2 heterocycles. The number of benzene rings is 2. The molecule has 1 N–H and O–H groups in total. The van der Waals surface area contributed by atoms with Crippen molar-refractivity contribution < 1.29 is 9.21 Å². The van der Waals surface area contributed by atoms with Gasteiger partial charge in [-0.15, -0.1) is 0 Å². The maximum absolute atomic E-state index is 12.9. The van der Waals surface area contributed by atoms with Gasteiger partial charge in [-0.3, -0.25) is 0 Å². The molecule has 1 unspecified atom stereocenters. The van der Waals surface area contributed by atoms with Gasteiger partial charge in [0, 0.05) is 23.7 Å². The lowest BCUT2D eigenvalue weighted by atomic mass is 10.0. The average Bonchev–Trinajstić information content (AvgIpc) is 3.37. The molecule has 0 saturated carbocycles. The summed E-state index contributed by atoms with van der Waals surface area (Å²) in [4.78, 5) is 19.6. The van der Waals surface area contributed by atoms with Crippen molar-refractivity contribution in [3.8, 4) is 11.3 Å². The molecule has 1 atom stereocenters. The van der Waals surface area contributed by atoms with E-state index < -0.39 is 0 Å². The molecule has 1 aliphatic heterocycles. The third kappa shape index (κ3) is 4.04. The molecule has 1 fully saturated rings. The number of aryl methyl sites for hydroxylation is 1. The Morgan fingerprint density at radius 3 is 2.55 bits per heavy atom. The molecule has 1 aliphatic rings. The van der Waals surface area contributed by atoms with E-state index in [0.29, 0.717) is 12.4 Å². The fourth-order valence-electron chi connectivity index (χ4n) is 3.78. The molecule has 2 aromatic carbocycles. The minimum Gasteiger partial charge on any atom is -0.442 e. The van der Waals surface area contributed by atoms with Crippen LogP contribution in [0.3, 0.4) is 0 Å². The van der Waals surface area contributed by atoms with Crippen LogP contribution in [-0.2, 0) is 0 Å². The van der Waals surface area contributed by atoms with Gasteiger partial charge in [-0.25, -0.2) is 9.78 Å². The van der Waals surface area contributed by atoms with Crippen LogP contribution >= 0.6 is 0 Å². The van der Waals surface area contributed by atoms with Gasteiger partial charge < -0.3 is 14.6 Å². The Labute approximate surface area is 171 Å². The topological polar surface area (TPSA) is 58.4 Å². The van der Waals surface area contributed by atoms with E-state index in [0.717, 1.165) is 41.1 Å². The molecule has 150 valence electrons. The molecule has 0 bridgehead atoms. The normalized spacial score (nSPS) is 16.4. The molecule has 5 nitrogen and oxygen atoms in total. The van der Waals surface area contributed by atoms with Crippen molar-refractivity contribution in [2.45, 2.75) is 45.6 Å². The Balaban J connectivity index is 1.60. The van der Waals surface area contributed by atoms with Crippen molar-refractivity contribution >= 4 is 11.7 Å². The summed E-state index contributed by atoms with van der Waals surface area (Å²) in [6.07, 6.45) is 1.79. The van der Waals surface area contributed by atoms with Crippen LogP contribution in [0.4, 0.5) is 10.5 Å². The molecule has 2 amide bonds. The highest BCUT2D eigenvalue weighted by molar-refractivity contribution is 5.89. The van der Waals surface area contributed by atoms with Crippen LogP contribution in [0, 0.1) is 6.92 Å². The fourth-order valence-corrected chi connectivity index (χ4v) is 3.78. The fraction of sp³-hybridized carbons (Fsp3) is 0.333. The lowest BCUT2D eigenvalue weighted by Gasteiger charge is -2.22. The number of anilines is 1. The third-order valence-corrected chi connectivity index (χ3v) is 5.34. The first-order chi connectivity index (χ1) is 14.0. The van der Waals surface area contributed by atoms with E-state index in [1.54, 1.807) is 0 Å². The summed E-state index contributed by atoms with van der Waals surface area (Å²) in [6, 6.07) is 17.7. The molecular weight excluding hydrogens is 362 g/mol. The van der Waals surface area contributed by atoms with Crippen LogP contribution in [0.25, 0.3) is 11.3 Å². The molecule has 0 spiro atoms. The number of nitrogens with one attached hydrogen (secondary N) is 1. The summed E-state index contributed by atoms with van der Waals surface area (Å²) >= 11 is 0. The predicted molar refractivity (Wildman–Crippen MR) is 115 cm³/mol. The lowest BCUT2D eigenvalue weighted by Crippen LogP contribution is -2.34. The molecule has 29 heavy (non-hydrogen) atoms. The van der Waals surface area contributed by atoms with Gasteiger partial charge in [0.15, 0.2) is 0 Å². The Hall–Kier alpha value is -3.08. The predicted octanol–water partition coefficient (Wildman–Crippen LogP) is 6.14. The SMILES string of the molecule is Cc1ccc(NC(=O)N2CCCC2c2nc(-c3ccccc3)c(C(C)C)o2)cc1. The summed E-state index contributed by atoms with van der Waals surface area (Å²) in [5.74, 6) is 1.71.